The van der Waals surface area contributed by atoms with Gasteiger partial charge in [-0.25, -0.2) is 9.97 Å². The molecule has 0 fully saturated rings. The van der Waals surface area contributed by atoms with E-state index in [4.69, 9.17) is 0 Å². The predicted molar refractivity (Wildman–Crippen MR) is 125 cm³/mol. The highest BCUT2D eigenvalue weighted by Crippen LogP contribution is 2.22. The summed E-state index contributed by atoms with van der Waals surface area (Å²) in [6.45, 7) is 1.61. The van der Waals surface area contributed by atoms with Crippen molar-refractivity contribution in [2.75, 3.05) is 23.7 Å². The fourth-order valence-electron chi connectivity index (χ4n) is 2.88. The number of hydrogen-bond acceptors (Lipinski definition) is 4. The van der Waals surface area contributed by atoms with Crippen LogP contribution in [0, 0.1) is 0 Å². The zero-order valence-electron chi connectivity index (χ0n) is 15.5. The maximum Gasteiger partial charge on any atom is 0.200 e. The molecule has 0 unspecified atom stereocenters. The van der Waals surface area contributed by atoms with E-state index in [1.807, 2.05) is 36.7 Å². The van der Waals surface area contributed by atoms with E-state index >= 15 is 0 Å². The van der Waals surface area contributed by atoms with Gasteiger partial charge in [0.1, 0.15) is 0 Å². The number of nitrogens with zero attached hydrogens (tertiary/aromatic N) is 2. The zero-order valence-corrected chi connectivity index (χ0v) is 18.7. The lowest BCUT2D eigenvalue weighted by atomic mass is 10.2. The third-order valence-electron chi connectivity index (χ3n) is 4.40. The SMILES string of the molecule is Brc1ccc(-c2cnc(NCCCNc3ncc(-c4ccc(Br)cc4)[nH]3)[nH]2)cc1. The van der Waals surface area contributed by atoms with E-state index in [2.05, 4.69) is 86.7 Å². The van der Waals surface area contributed by atoms with Crippen LogP contribution in [0.15, 0.2) is 69.9 Å². The van der Waals surface area contributed by atoms with E-state index in [0.29, 0.717) is 0 Å². The average Bonchev–Trinajstić information content (AvgIpc) is 3.39. The van der Waals surface area contributed by atoms with E-state index in [1.54, 1.807) is 0 Å². The molecule has 0 bridgehead atoms. The van der Waals surface area contributed by atoms with Crippen LogP contribution >= 0.6 is 31.9 Å². The van der Waals surface area contributed by atoms with Crippen molar-refractivity contribution in [1.82, 2.24) is 19.9 Å². The van der Waals surface area contributed by atoms with Gasteiger partial charge in [-0.05, 0) is 41.8 Å². The first-order valence-corrected chi connectivity index (χ1v) is 10.9. The van der Waals surface area contributed by atoms with E-state index in [0.717, 1.165) is 62.9 Å². The first-order chi connectivity index (χ1) is 14.2. The fourth-order valence-corrected chi connectivity index (χ4v) is 3.41. The highest BCUT2D eigenvalue weighted by atomic mass is 79.9. The smallest absolute Gasteiger partial charge is 0.200 e. The highest BCUT2D eigenvalue weighted by molar-refractivity contribution is 9.10. The number of nitrogens with one attached hydrogen (secondary N) is 4. The van der Waals surface area contributed by atoms with Gasteiger partial charge >= 0.3 is 0 Å². The Morgan fingerprint density at radius 2 is 1.07 bits per heavy atom. The Kier molecular flexibility index (Phi) is 6.31. The quantitative estimate of drug-likeness (QED) is 0.220. The lowest BCUT2D eigenvalue weighted by molar-refractivity contribution is 0.891. The molecule has 0 aliphatic rings. The number of hydrogen-bond donors (Lipinski definition) is 4. The molecule has 0 amide bonds. The topological polar surface area (TPSA) is 81.4 Å². The zero-order chi connectivity index (χ0) is 20.1. The van der Waals surface area contributed by atoms with Gasteiger partial charge in [-0.2, -0.15) is 0 Å². The van der Waals surface area contributed by atoms with E-state index in [-0.39, 0.29) is 0 Å². The summed E-state index contributed by atoms with van der Waals surface area (Å²) in [6, 6.07) is 16.3. The van der Waals surface area contributed by atoms with Crippen LogP contribution in [0.2, 0.25) is 0 Å². The molecule has 0 aliphatic heterocycles. The molecule has 4 N–H and O–H groups in total. The molecule has 0 spiro atoms. The van der Waals surface area contributed by atoms with Crippen molar-refractivity contribution in [3.05, 3.63) is 69.9 Å². The number of benzene rings is 2. The summed E-state index contributed by atoms with van der Waals surface area (Å²) >= 11 is 6.90. The van der Waals surface area contributed by atoms with E-state index in [1.165, 1.54) is 0 Å². The number of rotatable bonds is 8. The molecule has 0 atom stereocenters. The normalized spacial score (nSPS) is 10.8. The van der Waals surface area contributed by atoms with Crippen LogP contribution in [0.4, 0.5) is 11.9 Å². The summed E-state index contributed by atoms with van der Waals surface area (Å²) < 4.78 is 2.12. The molecular weight excluding hydrogens is 496 g/mol. The minimum Gasteiger partial charge on any atom is -0.356 e. The van der Waals surface area contributed by atoms with Gasteiger partial charge in [0, 0.05) is 22.0 Å². The molecule has 4 aromatic rings. The van der Waals surface area contributed by atoms with Crippen LogP contribution in [0.25, 0.3) is 22.5 Å². The molecule has 4 rings (SSSR count). The lowest BCUT2D eigenvalue weighted by Gasteiger charge is -2.04. The molecule has 0 saturated heterocycles. The van der Waals surface area contributed by atoms with Crippen molar-refractivity contribution in [3.63, 3.8) is 0 Å². The molecule has 8 heteroatoms. The molecule has 0 aliphatic carbocycles. The Morgan fingerprint density at radius 1 is 0.655 bits per heavy atom. The Hall–Kier alpha value is -2.58. The van der Waals surface area contributed by atoms with Gasteiger partial charge in [-0.1, -0.05) is 56.1 Å². The molecule has 29 heavy (non-hydrogen) atoms. The second-order valence-corrected chi connectivity index (χ2v) is 8.34. The van der Waals surface area contributed by atoms with Crippen LogP contribution in [-0.2, 0) is 0 Å². The summed E-state index contributed by atoms with van der Waals surface area (Å²) in [4.78, 5) is 15.4. The summed E-state index contributed by atoms with van der Waals surface area (Å²) in [5, 5.41) is 6.64. The van der Waals surface area contributed by atoms with Gasteiger partial charge in [0.2, 0.25) is 11.9 Å². The van der Waals surface area contributed by atoms with Crippen molar-refractivity contribution < 1.29 is 0 Å². The van der Waals surface area contributed by atoms with Crippen molar-refractivity contribution in [1.29, 1.82) is 0 Å². The molecule has 148 valence electrons. The van der Waals surface area contributed by atoms with Crippen molar-refractivity contribution >= 4 is 43.8 Å². The number of aromatic amines is 2. The Labute approximate surface area is 185 Å². The van der Waals surface area contributed by atoms with Crippen LogP contribution < -0.4 is 10.6 Å². The van der Waals surface area contributed by atoms with E-state index < -0.39 is 0 Å². The molecule has 2 heterocycles. The molecule has 6 nitrogen and oxygen atoms in total. The minimum absolute atomic E-state index is 0.776. The first-order valence-electron chi connectivity index (χ1n) is 9.27. The third kappa shape index (κ3) is 5.27. The molecule has 2 aromatic carbocycles. The summed E-state index contributed by atoms with van der Waals surface area (Å²) in [5.74, 6) is 1.55. The second-order valence-electron chi connectivity index (χ2n) is 6.51. The number of halogens is 2. The van der Waals surface area contributed by atoms with Crippen molar-refractivity contribution in [3.8, 4) is 22.5 Å². The summed E-state index contributed by atoms with van der Waals surface area (Å²) in [7, 11) is 0. The van der Waals surface area contributed by atoms with Crippen LogP contribution in [-0.4, -0.2) is 33.0 Å². The Balaban J connectivity index is 1.22. The van der Waals surface area contributed by atoms with Gasteiger partial charge in [-0.15, -0.1) is 0 Å². The largest absolute Gasteiger partial charge is 0.356 e. The summed E-state index contributed by atoms with van der Waals surface area (Å²) in [5.41, 5.74) is 4.20. The average molecular weight is 516 g/mol. The number of anilines is 2. The molecule has 2 aromatic heterocycles. The summed E-state index contributed by atoms with van der Waals surface area (Å²) in [6.07, 6.45) is 4.62. The third-order valence-corrected chi connectivity index (χ3v) is 5.46. The van der Waals surface area contributed by atoms with Gasteiger partial charge in [0.15, 0.2) is 0 Å². The number of imidazole rings is 2. The standard InChI is InChI=1S/C21H20Br2N6/c22-16-6-2-14(3-7-16)18-12-26-20(28-18)24-10-1-11-25-21-27-13-19(29-21)15-4-8-17(23)9-5-15/h2-9,12-13H,1,10-11H2,(H2,24,26,28)(H2,25,27,29). The van der Waals surface area contributed by atoms with Crippen LogP contribution in [0.1, 0.15) is 6.42 Å². The van der Waals surface area contributed by atoms with Crippen molar-refractivity contribution in [2.45, 2.75) is 6.42 Å². The number of aromatic nitrogens is 4. The highest BCUT2D eigenvalue weighted by Gasteiger charge is 2.04. The van der Waals surface area contributed by atoms with Crippen LogP contribution in [0.5, 0.6) is 0 Å². The Bertz CT molecular complexity index is 968. The van der Waals surface area contributed by atoms with Gasteiger partial charge in [0.05, 0.1) is 23.8 Å². The van der Waals surface area contributed by atoms with Gasteiger partial charge in [-0.3, -0.25) is 0 Å². The number of H-pyrrole nitrogens is 2. The second kappa shape index (κ2) is 9.28. The maximum atomic E-state index is 4.39. The van der Waals surface area contributed by atoms with Gasteiger partial charge in [0.25, 0.3) is 0 Å². The molecule has 0 radical (unpaired) electrons. The monoisotopic (exact) mass is 514 g/mol. The van der Waals surface area contributed by atoms with E-state index in [9.17, 15) is 0 Å². The van der Waals surface area contributed by atoms with Crippen molar-refractivity contribution in [2.24, 2.45) is 0 Å². The lowest BCUT2D eigenvalue weighted by Crippen LogP contribution is -2.10. The maximum absolute atomic E-state index is 4.39. The minimum atomic E-state index is 0.776. The fraction of sp³-hybridized carbons (Fsp3) is 0.143. The van der Waals surface area contributed by atoms with Gasteiger partial charge < -0.3 is 20.6 Å². The Morgan fingerprint density at radius 3 is 1.48 bits per heavy atom. The molecule has 0 saturated carbocycles. The predicted octanol–water partition coefficient (Wildman–Crippen LogP) is 5.91. The molecular formula is C21H20Br2N6. The first kappa shape index (κ1) is 19.7. The van der Waals surface area contributed by atoms with Crippen LogP contribution in [0.3, 0.4) is 0 Å².